The maximum atomic E-state index is 10.5. The van der Waals surface area contributed by atoms with Gasteiger partial charge >= 0.3 is 5.97 Å². The molecule has 1 atom stereocenters. The van der Waals surface area contributed by atoms with E-state index >= 15 is 0 Å². The third-order valence-corrected chi connectivity index (χ3v) is 4.62. The van der Waals surface area contributed by atoms with Crippen molar-refractivity contribution in [3.63, 3.8) is 0 Å². The van der Waals surface area contributed by atoms with Gasteiger partial charge in [0.15, 0.2) is 5.13 Å². The number of likely N-dealkylation sites (tertiary alicyclic amines) is 1. The number of carboxylic acid groups (broad SMARTS) is 1. The van der Waals surface area contributed by atoms with E-state index in [1.165, 1.54) is 19.4 Å². The third-order valence-electron chi connectivity index (χ3n) is 3.62. The molecular weight excluding hydrogens is 262 g/mol. The highest BCUT2D eigenvalue weighted by atomic mass is 32.1. The van der Waals surface area contributed by atoms with Crippen molar-refractivity contribution < 1.29 is 9.90 Å². The minimum Gasteiger partial charge on any atom is -0.481 e. The molecule has 1 aliphatic heterocycles. The van der Waals surface area contributed by atoms with Crippen LogP contribution in [0.15, 0.2) is 5.38 Å². The van der Waals surface area contributed by atoms with Gasteiger partial charge in [0.2, 0.25) is 0 Å². The van der Waals surface area contributed by atoms with Crippen LogP contribution in [-0.2, 0) is 11.2 Å². The summed E-state index contributed by atoms with van der Waals surface area (Å²) in [6.45, 7) is 2.17. The number of aliphatic carboxylic acids is 1. The van der Waals surface area contributed by atoms with Crippen molar-refractivity contribution in [2.45, 2.75) is 31.7 Å². The van der Waals surface area contributed by atoms with Crippen molar-refractivity contribution in [2.75, 3.05) is 32.1 Å². The lowest BCUT2D eigenvalue weighted by Gasteiger charge is -2.25. The normalized spacial score (nSPS) is 19.8. The summed E-state index contributed by atoms with van der Waals surface area (Å²) in [5.74, 6) is -0.768. The molecule has 1 saturated heterocycles. The number of nitrogens with zero attached hydrogens (tertiary/aromatic N) is 3. The SMILES string of the molecule is CN(CC1CCCN1C)c1nc(CCC(=O)O)cs1. The first-order valence-electron chi connectivity index (χ1n) is 6.64. The van der Waals surface area contributed by atoms with Gasteiger partial charge in [0.05, 0.1) is 12.1 Å². The van der Waals surface area contributed by atoms with E-state index in [-0.39, 0.29) is 6.42 Å². The van der Waals surface area contributed by atoms with Gasteiger partial charge in [-0.15, -0.1) is 11.3 Å². The fourth-order valence-corrected chi connectivity index (χ4v) is 3.26. The zero-order chi connectivity index (χ0) is 13.8. The lowest BCUT2D eigenvalue weighted by atomic mass is 10.2. The molecule has 1 fully saturated rings. The maximum Gasteiger partial charge on any atom is 0.303 e. The molecule has 0 aliphatic carbocycles. The van der Waals surface area contributed by atoms with Crippen LogP contribution in [0.1, 0.15) is 25.0 Å². The molecule has 1 unspecified atom stereocenters. The Bertz CT molecular complexity index is 435. The average Bonchev–Trinajstić information content (AvgIpc) is 2.97. The second-order valence-corrected chi connectivity index (χ2v) is 6.01. The first-order chi connectivity index (χ1) is 9.06. The number of aromatic nitrogens is 1. The summed E-state index contributed by atoms with van der Waals surface area (Å²) in [6, 6.07) is 0.608. The predicted octanol–water partition coefficient (Wildman–Crippen LogP) is 1.69. The molecule has 2 heterocycles. The highest BCUT2D eigenvalue weighted by Gasteiger charge is 2.23. The van der Waals surface area contributed by atoms with Crippen LogP contribution in [0.25, 0.3) is 0 Å². The number of rotatable bonds is 6. The molecule has 1 aromatic heterocycles. The highest BCUT2D eigenvalue weighted by Crippen LogP contribution is 2.23. The van der Waals surface area contributed by atoms with Gasteiger partial charge in [-0.2, -0.15) is 0 Å². The molecule has 0 saturated carbocycles. The van der Waals surface area contributed by atoms with E-state index in [2.05, 4.69) is 28.9 Å². The molecule has 2 rings (SSSR count). The Kier molecular flexibility index (Phi) is 4.76. The number of aryl methyl sites for hydroxylation is 1. The zero-order valence-electron chi connectivity index (χ0n) is 11.5. The van der Waals surface area contributed by atoms with E-state index in [9.17, 15) is 4.79 Å². The summed E-state index contributed by atoms with van der Waals surface area (Å²) < 4.78 is 0. The number of hydrogen-bond acceptors (Lipinski definition) is 5. The molecule has 0 amide bonds. The second-order valence-electron chi connectivity index (χ2n) is 5.17. The summed E-state index contributed by atoms with van der Waals surface area (Å²) in [6.07, 6.45) is 3.19. The molecular formula is C13H21N3O2S. The minimum absolute atomic E-state index is 0.151. The highest BCUT2D eigenvalue weighted by molar-refractivity contribution is 7.13. The Morgan fingerprint density at radius 3 is 3.11 bits per heavy atom. The first-order valence-corrected chi connectivity index (χ1v) is 7.52. The van der Waals surface area contributed by atoms with Crippen LogP contribution in [0.3, 0.4) is 0 Å². The topological polar surface area (TPSA) is 56.7 Å². The monoisotopic (exact) mass is 283 g/mol. The molecule has 5 nitrogen and oxygen atoms in total. The van der Waals surface area contributed by atoms with Crippen LogP contribution < -0.4 is 4.90 Å². The molecule has 1 aliphatic rings. The smallest absolute Gasteiger partial charge is 0.303 e. The molecule has 19 heavy (non-hydrogen) atoms. The predicted molar refractivity (Wildman–Crippen MR) is 77.0 cm³/mol. The number of anilines is 1. The summed E-state index contributed by atoms with van der Waals surface area (Å²) >= 11 is 1.60. The molecule has 0 bridgehead atoms. The summed E-state index contributed by atoms with van der Waals surface area (Å²) in [5.41, 5.74) is 0.883. The van der Waals surface area contributed by atoms with Gasteiger partial charge in [0.1, 0.15) is 0 Å². The summed E-state index contributed by atoms with van der Waals surface area (Å²) in [5, 5.41) is 11.6. The van der Waals surface area contributed by atoms with Gasteiger partial charge in [0.25, 0.3) is 0 Å². The van der Waals surface area contributed by atoms with Gasteiger partial charge in [-0.3, -0.25) is 4.79 Å². The Morgan fingerprint density at radius 2 is 2.47 bits per heavy atom. The number of thiazole rings is 1. The second kappa shape index (κ2) is 6.34. The van der Waals surface area contributed by atoms with E-state index < -0.39 is 5.97 Å². The van der Waals surface area contributed by atoms with Crippen molar-refractivity contribution in [1.29, 1.82) is 0 Å². The maximum absolute atomic E-state index is 10.5. The van der Waals surface area contributed by atoms with E-state index in [4.69, 9.17) is 5.11 Å². The molecule has 0 radical (unpaired) electrons. The van der Waals surface area contributed by atoms with Crippen molar-refractivity contribution in [3.05, 3.63) is 11.1 Å². The first kappa shape index (κ1) is 14.3. The van der Waals surface area contributed by atoms with E-state index in [0.717, 1.165) is 17.4 Å². The molecule has 1 aromatic rings. The number of carbonyl (C=O) groups is 1. The van der Waals surface area contributed by atoms with Gasteiger partial charge in [-0.25, -0.2) is 4.98 Å². The number of likely N-dealkylation sites (N-methyl/N-ethyl adjacent to an activating group) is 2. The lowest BCUT2D eigenvalue weighted by Crippen LogP contribution is -2.36. The van der Waals surface area contributed by atoms with Crippen LogP contribution in [0.4, 0.5) is 5.13 Å². The van der Waals surface area contributed by atoms with Gasteiger partial charge < -0.3 is 14.9 Å². The van der Waals surface area contributed by atoms with Gasteiger partial charge in [0, 0.05) is 31.4 Å². The zero-order valence-corrected chi connectivity index (χ0v) is 12.3. The molecule has 0 spiro atoms. The van der Waals surface area contributed by atoms with Crippen LogP contribution >= 0.6 is 11.3 Å². The van der Waals surface area contributed by atoms with Crippen LogP contribution in [0.2, 0.25) is 0 Å². The Labute approximate surface area is 117 Å². The van der Waals surface area contributed by atoms with Crippen molar-refractivity contribution in [3.8, 4) is 0 Å². The van der Waals surface area contributed by atoms with Crippen LogP contribution in [-0.4, -0.2) is 54.2 Å². The largest absolute Gasteiger partial charge is 0.481 e. The van der Waals surface area contributed by atoms with Crippen molar-refractivity contribution >= 4 is 22.4 Å². The third kappa shape index (κ3) is 3.91. The van der Waals surface area contributed by atoms with Crippen molar-refractivity contribution in [2.24, 2.45) is 0 Å². The van der Waals surface area contributed by atoms with Crippen LogP contribution in [0, 0.1) is 0 Å². The Hall–Kier alpha value is -1.14. The fourth-order valence-electron chi connectivity index (χ4n) is 2.43. The van der Waals surface area contributed by atoms with Gasteiger partial charge in [-0.1, -0.05) is 0 Å². The van der Waals surface area contributed by atoms with Crippen molar-refractivity contribution in [1.82, 2.24) is 9.88 Å². The lowest BCUT2D eigenvalue weighted by molar-refractivity contribution is -0.136. The minimum atomic E-state index is -0.768. The standard InChI is InChI=1S/C13H21N3O2S/c1-15-7-3-4-11(15)8-16(2)13-14-10(9-19-13)5-6-12(17)18/h9,11H,3-8H2,1-2H3,(H,17,18). The molecule has 106 valence electrons. The molecule has 0 aromatic carbocycles. The van der Waals surface area contributed by atoms with E-state index in [1.54, 1.807) is 11.3 Å². The molecule has 6 heteroatoms. The number of carboxylic acids is 1. The number of hydrogen-bond donors (Lipinski definition) is 1. The van der Waals surface area contributed by atoms with Gasteiger partial charge in [-0.05, 0) is 26.4 Å². The Morgan fingerprint density at radius 1 is 1.68 bits per heavy atom. The fraction of sp³-hybridized carbons (Fsp3) is 0.692. The van der Waals surface area contributed by atoms with Crippen LogP contribution in [0.5, 0.6) is 0 Å². The summed E-state index contributed by atoms with van der Waals surface area (Å²) in [4.78, 5) is 19.6. The Balaban J connectivity index is 1.88. The molecule has 1 N–H and O–H groups in total. The summed E-state index contributed by atoms with van der Waals surface area (Å²) in [7, 11) is 4.23. The van der Waals surface area contributed by atoms with E-state index in [0.29, 0.717) is 12.5 Å². The van der Waals surface area contributed by atoms with E-state index in [1.807, 2.05) is 5.38 Å². The average molecular weight is 283 g/mol. The quantitative estimate of drug-likeness (QED) is 0.861.